The normalized spacial score (nSPS) is 12.8. The summed E-state index contributed by atoms with van der Waals surface area (Å²) in [6.07, 6.45) is 0. The summed E-state index contributed by atoms with van der Waals surface area (Å²) in [5, 5.41) is 2.60. The van der Waals surface area contributed by atoms with E-state index in [1.807, 2.05) is 0 Å². The van der Waals surface area contributed by atoms with Crippen LogP contribution in [-0.4, -0.2) is 30.9 Å². The molecule has 0 bridgehead atoms. The van der Waals surface area contributed by atoms with Crippen LogP contribution in [0.1, 0.15) is 20.7 Å². The number of ketones is 1. The maximum absolute atomic E-state index is 12.2. The van der Waals surface area contributed by atoms with E-state index >= 15 is 0 Å². The molecule has 0 saturated heterocycles. The molecule has 0 saturated carbocycles. The Labute approximate surface area is 150 Å². The number of fused-ring (bicyclic) bond motifs is 1. The Morgan fingerprint density at radius 3 is 2.79 bits per heavy atom. The fourth-order valence-corrected chi connectivity index (χ4v) is 3.47. The molecule has 6 nitrogen and oxygen atoms in total. The summed E-state index contributed by atoms with van der Waals surface area (Å²) in [5.41, 5.74) is 0.795. The average Bonchev–Trinajstić information content (AvgIpc) is 2.90. The zero-order chi connectivity index (χ0) is 17.3. The molecule has 1 aromatic heterocycles. The molecule has 1 amide bonds. The number of rotatable bonds is 4. The van der Waals surface area contributed by atoms with E-state index in [-0.39, 0.29) is 28.0 Å². The van der Waals surface area contributed by atoms with Gasteiger partial charge < -0.3 is 14.8 Å². The molecule has 124 valence electrons. The number of hydrogen-bond acceptors (Lipinski definition) is 6. The van der Waals surface area contributed by atoms with Crippen LogP contribution < -0.4 is 10.1 Å². The molecule has 0 unspecified atom stereocenters. The lowest BCUT2D eigenvalue weighted by molar-refractivity contribution is -0.118. The van der Waals surface area contributed by atoms with Crippen molar-refractivity contribution in [2.24, 2.45) is 0 Å². The molecule has 1 aliphatic heterocycles. The molecular weight excluding hydrogens is 377 g/mol. The average molecular weight is 386 g/mol. The molecule has 0 atom stereocenters. The Morgan fingerprint density at radius 1 is 1.29 bits per heavy atom. The van der Waals surface area contributed by atoms with Gasteiger partial charge in [0.2, 0.25) is 0 Å². The van der Waals surface area contributed by atoms with Crippen LogP contribution in [0.25, 0.3) is 0 Å². The summed E-state index contributed by atoms with van der Waals surface area (Å²) in [6, 6.07) is 5.95. The lowest BCUT2D eigenvalue weighted by Gasteiger charge is -2.18. The zero-order valence-electron chi connectivity index (χ0n) is 11.9. The van der Waals surface area contributed by atoms with E-state index in [1.54, 1.807) is 6.07 Å². The summed E-state index contributed by atoms with van der Waals surface area (Å²) in [7, 11) is 0. The monoisotopic (exact) mass is 385 g/mol. The topological polar surface area (TPSA) is 81.7 Å². The van der Waals surface area contributed by atoms with Gasteiger partial charge in [0.1, 0.15) is 10.1 Å². The van der Waals surface area contributed by atoms with Crippen molar-refractivity contribution >= 4 is 57.9 Å². The van der Waals surface area contributed by atoms with E-state index in [9.17, 15) is 14.4 Å². The molecule has 9 heteroatoms. The summed E-state index contributed by atoms with van der Waals surface area (Å²) in [5.74, 6) is -0.986. The first-order valence-corrected chi connectivity index (χ1v) is 8.23. The number of ether oxygens (including phenoxy) is 2. The van der Waals surface area contributed by atoms with Crippen molar-refractivity contribution in [2.45, 2.75) is 0 Å². The standard InChI is InChI=1S/C15H9Cl2NO5S/c16-12-4-8(14(17)24-12)15(21)23-5-10(19)7-1-2-11-9(3-7)18-13(20)6-22-11/h1-4H,5-6H2,(H,18,20). The first-order chi connectivity index (χ1) is 11.4. The molecule has 2 aromatic rings. The predicted molar refractivity (Wildman–Crippen MR) is 89.5 cm³/mol. The zero-order valence-corrected chi connectivity index (χ0v) is 14.3. The Morgan fingerprint density at radius 2 is 2.08 bits per heavy atom. The molecule has 24 heavy (non-hydrogen) atoms. The Bertz CT molecular complexity index is 848. The smallest absolute Gasteiger partial charge is 0.341 e. The molecule has 1 aliphatic rings. The van der Waals surface area contributed by atoms with Crippen LogP contribution in [0, 0.1) is 0 Å². The summed E-state index contributed by atoms with van der Waals surface area (Å²) >= 11 is 12.7. The van der Waals surface area contributed by atoms with Gasteiger partial charge in [-0.3, -0.25) is 9.59 Å². The van der Waals surface area contributed by atoms with Gasteiger partial charge in [0.25, 0.3) is 5.91 Å². The Kier molecular flexibility index (Phi) is 4.75. The van der Waals surface area contributed by atoms with Crippen LogP contribution in [-0.2, 0) is 9.53 Å². The second kappa shape index (κ2) is 6.80. The van der Waals surface area contributed by atoms with Gasteiger partial charge in [-0.25, -0.2) is 4.79 Å². The lowest BCUT2D eigenvalue weighted by atomic mass is 10.1. The van der Waals surface area contributed by atoms with Crippen molar-refractivity contribution in [2.75, 3.05) is 18.5 Å². The molecule has 1 aromatic carbocycles. The minimum atomic E-state index is -0.730. The van der Waals surface area contributed by atoms with Crippen molar-refractivity contribution in [3.63, 3.8) is 0 Å². The largest absolute Gasteiger partial charge is 0.482 e. The predicted octanol–water partition coefficient (Wildman–Crippen LogP) is 3.43. The van der Waals surface area contributed by atoms with Crippen molar-refractivity contribution in [1.82, 2.24) is 0 Å². The lowest BCUT2D eigenvalue weighted by Crippen LogP contribution is -2.25. The first-order valence-electron chi connectivity index (χ1n) is 6.66. The number of benzene rings is 1. The highest BCUT2D eigenvalue weighted by Gasteiger charge is 2.20. The second-order valence-corrected chi connectivity index (χ2v) is 7.07. The maximum atomic E-state index is 12.2. The van der Waals surface area contributed by atoms with Crippen LogP contribution in [0.4, 0.5) is 5.69 Å². The van der Waals surface area contributed by atoms with Crippen LogP contribution in [0.15, 0.2) is 24.3 Å². The number of Topliss-reactive ketones (excluding diaryl/α,β-unsaturated/α-hetero) is 1. The summed E-state index contributed by atoms with van der Waals surface area (Å²) in [4.78, 5) is 35.4. The van der Waals surface area contributed by atoms with Crippen molar-refractivity contribution in [1.29, 1.82) is 0 Å². The highest BCUT2D eigenvalue weighted by molar-refractivity contribution is 7.20. The fraction of sp³-hybridized carbons (Fsp3) is 0.133. The number of thiophene rings is 1. The van der Waals surface area contributed by atoms with Gasteiger partial charge in [-0.05, 0) is 24.3 Å². The van der Waals surface area contributed by atoms with E-state index < -0.39 is 18.4 Å². The molecule has 0 spiro atoms. The fourth-order valence-electron chi connectivity index (χ4n) is 2.03. The van der Waals surface area contributed by atoms with Gasteiger partial charge in [0.15, 0.2) is 19.0 Å². The van der Waals surface area contributed by atoms with Crippen LogP contribution in [0.3, 0.4) is 0 Å². The number of anilines is 1. The minimum absolute atomic E-state index is 0.0676. The molecule has 0 radical (unpaired) electrons. The first kappa shape index (κ1) is 16.8. The van der Waals surface area contributed by atoms with Crippen LogP contribution in [0.2, 0.25) is 8.67 Å². The van der Waals surface area contributed by atoms with Gasteiger partial charge in [-0.1, -0.05) is 23.2 Å². The van der Waals surface area contributed by atoms with Gasteiger partial charge in [0.05, 0.1) is 15.6 Å². The molecule has 0 fully saturated rings. The third kappa shape index (κ3) is 3.53. The summed E-state index contributed by atoms with van der Waals surface area (Å²) < 4.78 is 10.7. The molecule has 2 heterocycles. The maximum Gasteiger partial charge on any atom is 0.341 e. The molecule has 0 aliphatic carbocycles. The summed E-state index contributed by atoms with van der Waals surface area (Å²) in [6.45, 7) is -0.530. The van der Waals surface area contributed by atoms with Crippen molar-refractivity contribution < 1.29 is 23.9 Å². The number of esters is 1. The highest BCUT2D eigenvalue weighted by atomic mass is 35.5. The van der Waals surface area contributed by atoms with Gasteiger partial charge in [0, 0.05) is 5.56 Å². The minimum Gasteiger partial charge on any atom is -0.482 e. The van der Waals surface area contributed by atoms with Crippen LogP contribution >= 0.6 is 34.5 Å². The molecule has 1 N–H and O–H groups in total. The van der Waals surface area contributed by atoms with Crippen molar-refractivity contribution in [3.05, 3.63) is 44.1 Å². The number of nitrogens with one attached hydrogen (secondary N) is 1. The quantitative estimate of drug-likeness (QED) is 0.643. The van der Waals surface area contributed by atoms with Gasteiger partial charge >= 0.3 is 5.97 Å². The van der Waals surface area contributed by atoms with Crippen molar-refractivity contribution in [3.8, 4) is 5.75 Å². The number of carbonyl (C=O) groups excluding carboxylic acids is 3. The van der Waals surface area contributed by atoms with E-state index in [0.29, 0.717) is 15.8 Å². The Hall–Kier alpha value is -2.09. The molecule has 3 rings (SSSR count). The Balaban J connectivity index is 1.67. The van der Waals surface area contributed by atoms with Gasteiger partial charge in [-0.15, -0.1) is 11.3 Å². The van der Waals surface area contributed by atoms with E-state index in [4.69, 9.17) is 32.7 Å². The van der Waals surface area contributed by atoms with E-state index in [2.05, 4.69) is 5.32 Å². The number of carbonyl (C=O) groups is 3. The second-order valence-electron chi connectivity index (χ2n) is 4.78. The number of amides is 1. The van der Waals surface area contributed by atoms with Crippen LogP contribution in [0.5, 0.6) is 5.75 Å². The SMILES string of the molecule is O=C1COc2ccc(C(=O)COC(=O)c3cc(Cl)sc3Cl)cc2N1. The van der Waals surface area contributed by atoms with Gasteiger partial charge in [-0.2, -0.15) is 0 Å². The third-order valence-corrected chi connectivity index (χ3v) is 4.63. The number of hydrogen-bond donors (Lipinski definition) is 1. The van der Waals surface area contributed by atoms with E-state index in [0.717, 1.165) is 11.3 Å². The number of halogens is 2. The highest BCUT2D eigenvalue weighted by Crippen LogP contribution is 2.32. The van der Waals surface area contributed by atoms with E-state index in [1.165, 1.54) is 18.2 Å². The third-order valence-electron chi connectivity index (χ3n) is 3.15. The molecular formula is C15H9Cl2NO5S.